The number of morpholine rings is 1. The maximum Gasteiger partial charge on any atom is 0.251 e. The summed E-state index contributed by atoms with van der Waals surface area (Å²) in [5.74, 6) is 0.850. The van der Waals surface area contributed by atoms with E-state index in [0.29, 0.717) is 41.8 Å². The molecule has 1 N–H and O–H groups in total. The minimum absolute atomic E-state index is 0.166. The third kappa shape index (κ3) is 6.34. The second kappa shape index (κ2) is 11.3. The molecule has 0 aliphatic carbocycles. The number of halogens is 1. The molecule has 0 atom stereocenters. The van der Waals surface area contributed by atoms with E-state index in [1.807, 2.05) is 6.92 Å². The summed E-state index contributed by atoms with van der Waals surface area (Å²) in [7, 11) is 0. The molecule has 26 heavy (non-hydrogen) atoms. The van der Waals surface area contributed by atoms with E-state index in [4.69, 9.17) is 25.8 Å². The fraction of sp³-hybridized carbons (Fsp3) is 0.632. The number of hydrogen-bond acceptors (Lipinski definition) is 5. The van der Waals surface area contributed by atoms with E-state index < -0.39 is 0 Å². The normalized spacial score (nSPS) is 14.9. The molecule has 0 radical (unpaired) electrons. The van der Waals surface area contributed by atoms with Crippen molar-refractivity contribution in [1.82, 2.24) is 10.2 Å². The predicted octanol–water partition coefficient (Wildman–Crippen LogP) is 2.98. The largest absolute Gasteiger partial charge is 0.490 e. The van der Waals surface area contributed by atoms with Gasteiger partial charge in [-0.25, -0.2) is 0 Å². The van der Waals surface area contributed by atoms with Crippen LogP contribution in [0.5, 0.6) is 11.5 Å². The molecule has 0 aromatic heterocycles. The number of carbonyl (C=O) groups excluding carboxylic acids is 1. The first kappa shape index (κ1) is 20.8. The van der Waals surface area contributed by atoms with Gasteiger partial charge in [0.2, 0.25) is 0 Å². The van der Waals surface area contributed by atoms with Crippen LogP contribution >= 0.6 is 11.6 Å². The number of benzene rings is 1. The molecule has 1 aliphatic heterocycles. The minimum atomic E-state index is -0.166. The lowest BCUT2D eigenvalue weighted by Gasteiger charge is -2.26. The molecule has 1 saturated heterocycles. The summed E-state index contributed by atoms with van der Waals surface area (Å²) in [5, 5.41) is 3.33. The molecule has 1 fully saturated rings. The number of rotatable bonds is 10. The van der Waals surface area contributed by atoms with Gasteiger partial charge in [0.05, 0.1) is 31.5 Å². The lowest BCUT2D eigenvalue weighted by molar-refractivity contribution is 0.0383. The van der Waals surface area contributed by atoms with Gasteiger partial charge in [0, 0.05) is 31.7 Å². The molecule has 1 amide bonds. The van der Waals surface area contributed by atoms with E-state index in [1.54, 1.807) is 12.1 Å². The molecule has 1 aromatic carbocycles. The Morgan fingerprint density at radius 1 is 1.27 bits per heavy atom. The first-order valence-electron chi connectivity index (χ1n) is 9.33. The zero-order valence-corrected chi connectivity index (χ0v) is 16.4. The Morgan fingerprint density at radius 3 is 2.73 bits per heavy atom. The van der Waals surface area contributed by atoms with Crippen molar-refractivity contribution >= 4 is 17.5 Å². The van der Waals surface area contributed by atoms with Gasteiger partial charge in [-0.05, 0) is 25.5 Å². The highest BCUT2D eigenvalue weighted by Gasteiger charge is 2.17. The zero-order chi connectivity index (χ0) is 18.8. The summed E-state index contributed by atoms with van der Waals surface area (Å²) in [5.41, 5.74) is 0.475. The van der Waals surface area contributed by atoms with Crippen LogP contribution in [0.3, 0.4) is 0 Å². The van der Waals surface area contributed by atoms with Gasteiger partial charge < -0.3 is 19.5 Å². The molecule has 6 nitrogen and oxygen atoms in total. The Bertz CT molecular complexity index is 577. The first-order valence-corrected chi connectivity index (χ1v) is 9.71. The molecule has 1 heterocycles. The van der Waals surface area contributed by atoms with Crippen LogP contribution < -0.4 is 14.8 Å². The molecule has 0 saturated carbocycles. The summed E-state index contributed by atoms with van der Waals surface area (Å²) in [6.45, 7) is 9.72. The van der Waals surface area contributed by atoms with E-state index in [-0.39, 0.29) is 5.91 Å². The van der Waals surface area contributed by atoms with Crippen molar-refractivity contribution in [2.24, 2.45) is 0 Å². The second-order valence-electron chi connectivity index (χ2n) is 6.13. The average molecular weight is 385 g/mol. The summed E-state index contributed by atoms with van der Waals surface area (Å²) in [4.78, 5) is 14.7. The molecule has 7 heteroatoms. The molecular weight excluding hydrogens is 356 g/mol. The Hall–Kier alpha value is -1.50. The van der Waals surface area contributed by atoms with Crippen molar-refractivity contribution in [3.63, 3.8) is 0 Å². The Kier molecular flexibility index (Phi) is 9.01. The standard InChI is InChI=1S/C19H29ClN2O4/c1-3-5-10-26-18-16(20)13-15(14-17(18)25-4-2)19(23)21-6-7-22-8-11-24-12-9-22/h13-14H,3-12H2,1-2H3,(H,21,23). The maximum atomic E-state index is 12.5. The van der Waals surface area contributed by atoms with Crippen molar-refractivity contribution in [2.75, 3.05) is 52.6 Å². The van der Waals surface area contributed by atoms with Crippen LogP contribution in [-0.2, 0) is 4.74 Å². The van der Waals surface area contributed by atoms with Gasteiger partial charge in [-0.15, -0.1) is 0 Å². The van der Waals surface area contributed by atoms with Crippen LogP contribution in [0.4, 0.5) is 0 Å². The summed E-state index contributed by atoms with van der Waals surface area (Å²) in [6.07, 6.45) is 1.97. The van der Waals surface area contributed by atoms with Gasteiger partial charge in [0.15, 0.2) is 11.5 Å². The average Bonchev–Trinajstić information content (AvgIpc) is 2.64. The second-order valence-corrected chi connectivity index (χ2v) is 6.54. The van der Waals surface area contributed by atoms with Crippen molar-refractivity contribution in [1.29, 1.82) is 0 Å². The van der Waals surface area contributed by atoms with E-state index >= 15 is 0 Å². The molecule has 0 spiro atoms. The number of nitrogens with zero attached hydrogens (tertiary/aromatic N) is 1. The van der Waals surface area contributed by atoms with E-state index in [0.717, 1.165) is 45.7 Å². The highest BCUT2D eigenvalue weighted by atomic mass is 35.5. The topological polar surface area (TPSA) is 60.0 Å². The number of amides is 1. The SMILES string of the molecule is CCCCOc1c(Cl)cc(C(=O)NCCN2CCOCC2)cc1OCC. The fourth-order valence-corrected chi connectivity index (χ4v) is 2.94. The van der Waals surface area contributed by atoms with Gasteiger partial charge in [-0.3, -0.25) is 9.69 Å². The molecular formula is C19H29ClN2O4. The Morgan fingerprint density at radius 2 is 2.04 bits per heavy atom. The number of ether oxygens (including phenoxy) is 3. The van der Waals surface area contributed by atoms with Gasteiger partial charge in [0.1, 0.15) is 0 Å². The van der Waals surface area contributed by atoms with Gasteiger partial charge in [-0.2, -0.15) is 0 Å². The van der Waals surface area contributed by atoms with E-state index in [9.17, 15) is 4.79 Å². The Balaban J connectivity index is 1.97. The van der Waals surface area contributed by atoms with Gasteiger partial charge >= 0.3 is 0 Å². The highest BCUT2D eigenvalue weighted by Crippen LogP contribution is 2.36. The lowest BCUT2D eigenvalue weighted by atomic mass is 10.2. The molecule has 0 bridgehead atoms. The smallest absolute Gasteiger partial charge is 0.251 e. The predicted molar refractivity (Wildman–Crippen MR) is 103 cm³/mol. The summed E-state index contributed by atoms with van der Waals surface area (Å²) < 4.78 is 16.7. The third-order valence-electron chi connectivity index (χ3n) is 4.13. The van der Waals surface area contributed by atoms with E-state index in [2.05, 4.69) is 17.1 Å². The van der Waals surface area contributed by atoms with Crippen molar-refractivity contribution in [2.45, 2.75) is 26.7 Å². The van der Waals surface area contributed by atoms with Gasteiger partial charge in [0.25, 0.3) is 5.91 Å². The minimum Gasteiger partial charge on any atom is -0.490 e. The number of nitrogens with one attached hydrogen (secondary N) is 1. The van der Waals surface area contributed by atoms with Gasteiger partial charge in [-0.1, -0.05) is 24.9 Å². The van der Waals surface area contributed by atoms with Crippen LogP contribution in [0.1, 0.15) is 37.0 Å². The van der Waals surface area contributed by atoms with E-state index in [1.165, 1.54) is 0 Å². The van der Waals surface area contributed by atoms with Crippen molar-refractivity contribution in [3.8, 4) is 11.5 Å². The summed E-state index contributed by atoms with van der Waals surface area (Å²) in [6, 6.07) is 3.33. The van der Waals surface area contributed by atoms with Crippen LogP contribution in [0, 0.1) is 0 Å². The first-order chi connectivity index (χ1) is 12.7. The highest BCUT2D eigenvalue weighted by molar-refractivity contribution is 6.32. The van der Waals surface area contributed by atoms with Crippen LogP contribution in [-0.4, -0.2) is 63.4 Å². The van der Waals surface area contributed by atoms with Crippen LogP contribution in [0.25, 0.3) is 0 Å². The summed E-state index contributed by atoms with van der Waals surface area (Å²) >= 11 is 6.34. The number of hydrogen-bond donors (Lipinski definition) is 1. The fourth-order valence-electron chi connectivity index (χ4n) is 2.68. The lowest BCUT2D eigenvalue weighted by Crippen LogP contribution is -2.41. The molecule has 0 unspecified atom stereocenters. The third-order valence-corrected chi connectivity index (χ3v) is 4.41. The number of unbranched alkanes of at least 4 members (excludes halogenated alkanes) is 1. The Labute approximate surface area is 160 Å². The number of carbonyl (C=O) groups is 1. The quantitative estimate of drug-likeness (QED) is 0.628. The monoisotopic (exact) mass is 384 g/mol. The van der Waals surface area contributed by atoms with Crippen molar-refractivity contribution < 1.29 is 19.0 Å². The molecule has 1 aliphatic rings. The molecule has 146 valence electrons. The zero-order valence-electron chi connectivity index (χ0n) is 15.7. The van der Waals surface area contributed by atoms with Crippen LogP contribution in [0.2, 0.25) is 5.02 Å². The van der Waals surface area contributed by atoms with Crippen molar-refractivity contribution in [3.05, 3.63) is 22.7 Å². The molecule has 2 rings (SSSR count). The molecule has 1 aromatic rings. The maximum absolute atomic E-state index is 12.5. The van der Waals surface area contributed by atoms with Crippen LogP contribution in [0.15, 0.2) is 12.1 Å².